The van der Waals surface area contributed by atoms with E-state index in [1.165, 1.54) is 7.11 Å². The van der Waals surface area contributed by atoms with E-state index in [0.29, 0.717) is 29.4 Å². The second-order valence-corrected chi connectivity index (χ2v) is 8.38. The molecule has 0 unspecified atom stereocenters. The number of nitrogens with one attached hydrogen (secondary N) is 1. The molecule has 1 N–H and O–H groups in total. The van der Waals surface area contributed by atoms with E-state index in [-0.39, 0.29) is 11.8 Å². The van der Waals surface area contributed by atoms with E-state index in [0.717, 1.165) is 61.4 Å². The normalized spacial score (nSPS) is 18.0. The molecule has 1 aromatic carbocycles. The molecule has 0 atom stereocenters. The summed E-state index contributed by atoms with van der Waals surface area (Å²) in [4.78, 5) is 27.6. The molecule has 0 saturated carbocycles. The second kappa shape index (κ2) is 8.96. The van der Waals surface area contributed by atoms with E-state index in [1.807, 2.05) is 17.9 Å². The van der Waals surface area contributed by atoms with Gasteiger partial charge in [0.1, 0.15) is 11.5 Å². The Morgan fingerprint density at radius 3 is 2.68 bits per heavy atom. The van der Waals surface area contributed by atoms with Gasteiger partial charge in [-0.3, -0.25) is 9.59 Å². The molecule has 7 nitrogen and oxygen atoms in total. The molecule has 1 fully saturated rings. The fraction of sp³-hybridized carbons (Fsp3) is 0.458. The van der Waals surface area contributed by atoms with Crippen molar-refractivity contribution in [2.24, 2.45) is 11.0 Å². The summed E-state index contributed by atoms with van der Waals surface area (Å²) in [5.74, 6) is 1.95. The van der Waals surface area contributed by atoms with Gasteiger partial charge in [0.2, 0.25) is 0 Å². The Bertz CT molecular complexity index is 1020. The van der Waals surface area contributed by atoms with Crippen molar-refractivity contribution in [2.45, 2.75) is 46.0 Å². The first kappa shape index (κ1) is 21.2. The van der Waals surface area contributed by atoms with E-state index in [2.05, 4.69) is 17.5 Å². The highest BCUT2D eigenvalue weighted by molar-refractivity contribution is 6.07. The van der Waals surface area contributed by atoms with Crippen molar-refractivity contribution >= 4 is 17.5 Å². The number of nitrogens with zero attached hydrogens (tertiary/aromatic N) is 2. The number of carbonyl (C=O) groups excluding carboxylic acids is 2. The predicted octanol–water partition coefficient (Wildman–Crippen LogP) is 3.94. The Kier molecular flexibility index (Phi) is 6.11. The Morgan fingerprint density at radius 1 is 1.19 bits per heavy atom. The van der Waals surface area contributed by atoms with Gasteiger partial charge in [0.15, 0.2) is 5.76 Å². The van der Waals surface area contributed by atoms with Gasteiger partial charge in [-0.25, -0.2) is 5.43 Å². The summed E-state index contributed by atoms with van der Waals surface area (Å²) in [7, 11) is 1.53. The average Bonchev–Trinajstić information content (AvgIpc) is 3.14. The highest BCUT2D eigenvalue weighted by atomic mass is 16.5. The minimum Gasteiger partial charge on any atom is -0.496 e. The number of hydrazone groups is 1. The maximum atomic E-state index is 13.1. The third-order valence-electron chi connectivity index (χ3n) is 6.23. The van der Waals surface area contributed by atoms with Crippen molar-refractivity contribution in [2.75, 3.05) is 20.2 Å². The summed E-state index contributed by atoms with van der Waals surface area (Å²) in [6.45, 7) is 5.66. The third kappa shape index (κ3) is 4.22. The molecule has 164 valence electrons. The van der Waals surface area contributed by atoms with Gasteiger partial charge in [-0.05, 0) is 50.7 Å². The standard InChI is InChI=1S/C24H29N3O4/c1-15-11-13-27(14-12-15)24(29)22-16(2)21-18(8-6-10-20(21)31-22)25-26-23(28)17-7-4-5-9-19(17)30-3/h4-5,7,9,15H,6,8,10-14H2,1-3H3,(H,26,28)/b25-18+. The van der Waals surface area contributed by atoms with Crippen LogP contribution in [-0.2, 0) is 6.42 Å². The number of ether oxygens (including phenoxy) is 1. The summed E-state index contributed by atoms with van der Waals surface area (Å²) in [5, 5.41) is 4.41. The lowest BCUT2D eigenvalue weighted by Crippen LogP contribution is -2.38. The van der Waals surface area contributed by atoms with E-state index in [4.69, 9.17) is 9.15 Å². The Hall–Kier alpha value is -3.09. The van der Waals surface area contributed by atoms with E-state index < -0.39 is 0 Å². The summed E-state index contributed by atoms with van der Waals surface area (Å²) in [5.41, 5.74) is 5.49. The summed E-state index contributed by atoms with van der Waals surface area (Å²) in [6.07, 6.45) is 4.38. The first-order valence-corrected chi connectivity index (χ1v) is 10.9. The number of hydrogen-bond acceptors (Lipinski definition) is 5. The van der Waals surface area contributed by atoms with Gasteiger partial charge in [0.05, 0.1) is 18.4 Å². The number of hydrogen-bond donors (Lipinski definition) is 1. The van der Waals surface area contributed by atoms with Crippen LogP contribution in [0, 0.1) is 12.8 Å². The van der Waals surface area contributed by atoms with Gasteiger partial charge in [-0.2, -0.15) is 5.10 Å². The summed E-state index contributed by atoms with van der Waals surface area (Å²) in [6, 6.07) is 7.02. The lowest BCUT2D eigenvalue weighted by atomic mass is 9.93. The van der Waals surface area contributed by atoms with E-state index >= 15 is 0 Å². The molecule has 2 aliphatic rings. The fourth-order valence-electron chi connectivity index (χ4n) is 4.35. The molecule has 2 amide bonds. The first-order valence-electron chi connectivity index (χ1n) is 10.9. The van der Waals surface area contributed by atoms with Crippen molar-refractivity contribution in [3.05, 3.63) is 52.5 Å². The van der Waals surface area contributed by atoms with Crippen LogP contribution in [0.25, 0.3) is 0 Å². The highest BCUT2D eigenvalue weighted by Gasteiger charge is 2.31. The topological polar surface area (TPSA) is 84.1 Å². The van der Waals surface area contributed by atoms with Crippen LogP contribution >= 0.6 is 0 Å². The Morgan fingerprint density at radius 2 is 1.94 bits per heavy atom. The van der Waals surface area contributed by atoms with Crippen molar-refractivity contribution in [3.8, 4) is 5.75 Å². The number of rotatable bonds is 4. The number of benzene rings is 1. The molecule has 1 saturated heterocycles. The number of para-hydroxylation sites is 1. The van der Waals surface area contributed by atoms with E-state index in [1.54, 1.807) is 18.2 Å². The van der Waals surface area contributed by atoms with Crippen molar-refractivity contribution in [3.63, 3.8) is 0 Å². The first-order chi connectivity index (χ1) is 15.0. The highest BCUT2D eigenvalue weighted by Crippen LogP contribution is 2.31. The van der Waals surface area contributed by atoms with Gasteiger partial charge in [-0.15, -0.1) is 0 Å². The van der Waals surface area contributed by atoms with Gasteiger partial charge in [0, 0.05) is 30.6 Å². The molecule has 31 heavy (non-hydrogen) atoms. The molecule has 1 aromatic heterocycles. The molecule has 0 spiro atoms. The van der Waals surface area contributed by atoms with Crippen LogP contribution in [0.2, 0.25) is 0 Å². The van der Waals surface area contributed by atoms with Crippen LogP contribution < -0.4 is 10.2 Å². The number of likely N-dealkylation sites (tertiary alicyclic amines) is 1. The number of methoxy groups -OCH3 is 1. The molecule has 2 heterocycles. The largest absolute Gasteiger partial charge is 0.496 e. The smallest absolute Gasteiger partial charge is 0.289 e. The van der Waals surface area contributed by atoms with Crippen LogP contribution in [0.3, 0.4) is 0 Å². The maximum absolute atomic E-state index is 13.1. The fourth-order valence-corrected chi connectivity index (χ4v) is 4.35. The minimum absolute atomic E-state index is 0.0452. The van der Waals surface area contributed by atoms with Crippen LogP contribution in [-0.4, -0.2) is 42.6 Å². The van der Waals surface area contributed by atoms with Crippen molar-refractivity contribution in [1.82, 2.24) is 10.3 Å². The zero-order chi connectivity index (χ0) is 22.0. The maximum Gasteiger partial charge on any atom is 0.289 e. The van der Waals surface area contributed by atoms with Gasteiger partial charge in [-0.1, -0.05) is 19.1 Å². The minimum atomic E-state index is -0.336. The molecule has 1 aliphatic heterocycles. The molecule has 1 aliphatic carbocycles. The predicted molar refractivity (Wildman–Crippen MR) is 118 cm³/mol. The van der Waals surface area contributed by atoms with Crippen LogP contribution in [0.5, 0.6) is 5.75 Å². The zero-order valence-corrected chi connectivity index (χ0v) is 18.4. The molecule has 0 bridgehead atoms. The monoisotopic (exact) mass is 423 g/mol. The number of fused-ring (bicyclic) bond motifs is 1. The molecular weight excluding hydrogens is 394 g/mol. The number of aryl methyl sites for hydroxylation is 1. The second-order valence-electron chi connectivity index (χ2n) is 8.38. The Labute approximate surface area is 182 Å². The van der Waals surface area contributed by atoms with Crippen LogP contribution in [0.4, 0.5) is 0 Å². The molecule has 7 heteroatoms. The van der Waals surface area contributed by atoms with Crippen LogP contribution in [0.15, 0.2) is 33.8 Å². The van der Waals surface area contributed by atoms with Crippen molar-refractivity contribution in [1.29, 1.82) is 0 Å². The number of carbonyl (C=O) groups is 2. The summed E-state index contributed by atoms with van der Waals surface area (Å²) < 4.78 is 11.3. The Balaban J connectivity index is 1.56. The van der Waals surface area contributed by atoms with Gasteiger partial charge < -0.3 is 14.1 Å². The van der Waals surface area contributed by atoms with E-state index in [9.17, 15) is 9.59 Å². The molecule has 4 rings (SSSR count). The average molecular weight is 424 g/mol. The molecule has 0 radical (unpaired) electrons. The van der Waals surface area contributed by atoms with Gasteiger partial charge in [0.25, 0.3) is 11.8 Å². The molecule has 2 aromatic rings. The lowest BCUT2D eigenvalue weighted by molar-refractivity contribution is 0.0662. The number of amides is 2. The lowest BCUT2D eigenvalue weighted by Gasteiger charge is -2.29. The van der Waals surface area contributed by atoms with Gasteiger partial charge >= 0.3 is 0 Å². The SMILES string of the molecule is COc1ccccc1C(=O)N/N=C1\CCCc2oc(C(=O)N3CCC(C)CC3)c(C)c21. The number of piperidine rings is 1. The quantitative estimate of drug-likeness (QED) is 0.755. The third-order valence-corrected chi connectivity index (χ3v) is 6.23. The molecular formula is C24H29N3O4. The summed E-state index contributed by atoms with van der Waals surface area (Å²) >= 11 is 0. The number of furan rings is 1. The zero-order valence-electron chi connectivity index (χ0n) is 18.4. The van der Waals surface area contributed by atoms with Crippen LogP contribution in [0.1, 0.15) is 70.4 Å². The van der Waals surface area contributed by atoms with Crippen molar-refractivity contribution < 1.29 is 18.7 Å².